The van der Waals surface area contributed by atoms with Gasteiger partial charge in [-0.1, -0.05) is 0 Å². The zero-order valence-corrected chi connectivity index (χ0v) is 7.25. The van der Waals surface area contributed by atoms with Crippen LogP contribution in [-0.2, 0) is 6.42 Å². The van der Waals surface area contributed by atoms with E-state index in [1.54, 1.807) is 12.1 Å². The molecule has 0 unspecified atom stereocenters. The van der Waals surface area contributed by atoms with E-state index in [9.17, 15) is 5.11 Å². The second-order valence-corrected chi connectivity index (χ2v) is 3.08. The third-order valence-electron chi connectivity index (χ3n) is 2.16. The number of aromatic amines is 1. The van der Waals surface area contributed by atoms with Crippen molar-refractivity contribution in [2.75, 3.05) is 6.54 Å². The van der Waals surface area contributed by atoms with Crippen molar-refractivity contribution in [2.45, 2.75) is 6.42 Å². The van der Waals surface area contributed by atoms with Crippen LogP contribution in [-0.4, -0.2) is 54.4 Å². The molecule has 1 aromatic carbocycles. The zero-order valence-electron chi connectivity index (χ0n) is 7.25. The summed E-state index contributed by atoms with van der Waals surface area (Å²) in [6.45, 7) is 0.628. The van der Waals surface area contributed by atoms with Crippen LogP contribution < -0.4 is 5.73 Å². The Bertz CT molecular complexity index is 425. The Balaban J connectivity index is 0.000000980. The monoisotopic (exact) mass is 218 g/mol. The summed E-state index contributed by atoms with van der Waals surface area (Å²) in [6, 6.07) is 5.30. The number of phenolic OH excluding ortho intramolecular Hbond substituents is 1. The number of benzene rings is 1. The van der Waals surface area contributed by atoms with E-state index in [1.807, 2.05) is 12.3 Å². The SMILES string of the molecule is NCCc1c[nH]c2ccc(O)cc12.[CaH2]. The van der Waals surface area contributed by atoms with Crippen LogP contribution in [0.25, 0.3) is 10.9 Å². The fourth-order valence-corrected chi connectivity index (χ4v) is 1.53. The molecule has 72 valence electrons. The summed E-state index contributed by atoms with van der Waals surface area (Å²) in [7, 11) is 0. The van der Waals surface area contributed by atoms with Crippen LogP contribution in [0.4, 0.5) is 0 Å². The average molecular weight is 218 g/mol. The van der Waals surface area contributed by atoms with Crippen molar-refractivity contribution in [2.24, 2.45) is 5.73 Å². The molecule has 1 heterocycles. The number of rotatable bonds is 2. The number of H-pyrrole nitrogens is 1. The van der Waals surface area contributed by atoms with Crippen LogP contribution in [0.2, 0.25) is 0 Å². The molecular weight excluding hydrogens is 204 g/mol. The zero-order chi connectivity index (χ0) is 9.26. The summed E-state index contributed by atoms with van der Waals surface area (Å²) in [4.78, 5) is 3.13. The Morgan fingerprint density at radius 3 is 2.86 bits per heavy atom. The summed E-state index contributed by atoms with van der Waals surface area (Å²) in [5.41, 5.74) is 7.68. The first-order valence-corrected chi connectivity index (χ1v) is 4.30. The molecule has 0 radical (unpaired) electrons. The van der Waals surface area contributed by atoms with Crippen LogP contribution in [0.15, 0.2) is 24.4 Å². The number of nitrogens with one attached hydrogen (secondary N) is 1. The van der Waals surface area contributed by atoms with Gasteiger partial charge in [0.2, 0.25) is 0 Å². The number of aromatic hydroxyl groups is 1. The molecule has 14 heavy (non-hydrogen) atoms. The van der Waals surface area contributed by atoms with Gasteiger partial charge in [0.15, 0.2) is 0 Å². The molecule has 4 heteroatoms. The van der Waals surface area contributed by atoms with Crippen LogP contribution in [0.5, 0.6) is 5.75 Å². The van der Waals surface area contributed by atoms with Crippen molar-refractivity contribution in [1.29, 1.82) is 0 Å². The fourth-order valence-electron chi connectivity index (χ4n) is 1.53. The molecular formula is C10H14CaN2O. The van der Waals surface area contributed by atoms with Crippen molar-refractivity contribution >= 4 is 48.6 Å². The molecule has 3 nitrogen and oxygen atoms in total. The summed E-state index contributed by atoms with van der Waals surface area (Å²) < 4.78 is 0. The number of hydrogen-bond acceptors (Lipinski definition) is 2. The summed E-state index contributed by atoms with van der Waals surface area (Å²) in [6.07, 6.45) is 2.78. The van der Waals surface area contributed by atoms with Gasteiger partial charge in [-0.2, -0.15) is 0 Å². The Kier molecular flexibility index (Phi) is 4.26. The van der Waals surface area contributed by atoms with E-state index in [-0.39, 0.29) is 37.7 Å². The van der Waals surface area contributed by atoms with Gasteiger partial charge in [0.1, 0.15) is 5.75 Å². The number of phenols is 1. The molecule has 0 atom stereocenters. The first-order chi connectivity index (χ1) is 6.31. The molecule has 0 fully saturated rings. The minimum atomic E-state index is 0. The van der Waals surface area contributed by atoms with Gasteiger partial charge in [-0.15, -0.1) is 0 Å². The molecule has 0 aliphatic rings. The molecule has 2 rings (SSSR count). The third kappa shape index (κ3) is 2.23. The van der Waals surface area contributed by atoms with Gasteiger partial charge in [0.05, 0.1) is 0 Å². The molecule has 0 aliphatic carbocycles. The van der Waals surface area contributed by atoms with Crippen LogP contribution in [0.1, 0.15) is 5.56 Å². The Morgan fingerprint density at radius 2 is 2.14 bits per heavy atom. The van der Waals surface area contributed by atoms with Crippen molar-refractivity contribution in [1.82, 2.24) is 4.98 Å². The van der Waals surface area contributed by atoms with E-state index in [0.717, 1.165) is 22.9 Å². The molecule has 0 spiro atoms. The van der Waals surface area contributed by atoms with Crippen LogP contribution in [0.3, 0.4) is 0 Å². The molecule has 2 aromatic rings. The van der Waals surface area contributed by atoms with E-state index in [4.69, 9.17) is 5.73 Å². The van der Waals surface area contributed by atoms with Crippen molar-refractivity contribution in [3.63, 3.8) is 0 Å². The molecule has 1 aromatic heterocycles. The average Bonchev–Trinajstić information content (AvgIpc) is 2.49. The Morgan fingerprint density at radius 1 is 1.36 bits per heavy atom. The molecule has 0 saturated heterocycles. The molecule has 4 N–H and O–H groups in total. The number of aromatic nitrogens is 1. The van der Waals surface area contributed by atoms with Crippen molar-refractivity contribution < 1.29 is 5.11 Å². The summed E-state index contributed by atoms with van der Waals surface area (Å²) in [5.74, 6) is 0.297. The van der Waals surface area contributed by atoms with Gasteiger partial charge in [-0.3, -0.25) is 0 Å². The minimum absolute atomic E-state index is 0. The van der Waals surface area contributed by atoms with E-state index in [1.165, 1.54) is 0 Å². The van der Waals surface area contributed by atoms with E-state index < -0.39 is 0 Å². The summed E-state index contributed by atoms with van der Waals surface area (Å²) >= 11 is 0. The standard InChI is InChI=1S/C10H12N2O.Ca.2H/c11-4-3-7-6-12-10-2-1-8(13)5-9(7)10;;;/h1-2,5-6,12-13H,3-4,11H2;;;. The predicted molar refractivity (Wildman–Crippen MR) is 61.3 cm³/mol. The second-order valence-electron chi connectivity index (χ2n) is 3.08. The normalized spacial score (nSPS) is 10.1. The quantitative estimate of drug-likeness (QED) is 0.641. The predicted octanol–water partition coefficient (Wildman–Crippen LogP) is 0.458. The second kappa shape index (κ2) is 5.03. The first-order valence-electron chi connectivity index (χ1n) is 4.30. The molecule has 0 saturated carbocycles. The van der Waals surface area contributed by atoms with Gasteiger partial charge >= 0.3 is 37.7 Å². The Hall–Kier alpha value is -0.220. The Labute approximate surface area is 112 Å². The number of nitrogens with two attached hydrogens (primary N) is 1. The molecule has 0 aliphatic heterocycles. The first kappa shape index (κ1) is 11.9. The number of hydrogen-bond donors (Lipinski definition) is 3. The molecule has 0 amide bonds. The maximum atomic E-state index is 9.30. The topological polar surface area (TPSA) is 62.0 Å². The van der Waals surface area contributed by atoms with Gasteiger partial charge in [-0.25, -0.2) is 0 Å². The van der Waals surface area contributed by atoms with Crippen molar-refractivity contribution in [3.05, 3.63) is 30.0 Å². The van der Waals surface area contributed by atoms with Gasteiger partial charge < -0.3 is 15.8 Å². The third-order valence-corrected chi connectivity index (χ3v) is 2.16. The summed E-state index contributed by atoms with van der Waals surface area (Å²) in [5, 5.41) is 10.4. The van der Waals surface area contributed by atoms with E-state index in [2.05, 4.69) is 4.98 Å². The maximum absolute atomic E-state index is 9.30. The van der Waals surface area contributed by atoms with Crippen LogP contribution >= 0.6 is 0 Å². The van der Waals surface area contributed by atoms with Gasteiger partial charge in [-0.05, 0) is 36.7 Å². The number of fused-ring (bicyclic) bond motifs is 1. The van der Waals surface area contributed by atoms with Crippen LogP contribution in [0, 0.1) is 0 Å². The van der Waals surface area contributed by atoms with Gasteiger partial charge in [0, 0.05) is 17.1 Å². The molecule has 0 bridgehead atoms. The van der Waals surface area contributed by atoms with Gasteiger partial charge in [0.25, 0.3) is 0 Å². The van der Waals surface area contributed by atoms with E-state index >= 15 is 0 Å². The fraction of sp³-hybridized carbons (Fsp3) is 0.200. The van der Waals surface area contributed by atoms with E-state index in [0.29, 0.717) is 12.3 Å². The van der Waals surface area contributed by atoms with Crippen molar-refractivity contribution in [3.8, 4) is 5.75 Å².